The molecular weight excluding hydrogens is 156 g/mol. The summed E-state index contributed by atoms with van der Waals surface area (Å²) in [5.41, 5.74) is 2.64. The van der Waals surface area contributed by atoms with Gasteiger partial charge in [0.05, 0.1) is 0 Å². The molecule has 1 aromatic carbocycles. The van der Waals surface area contributed by atoms with E-state index in [9.17, 15) is 0 Å². The fourth-order valence-corrected chi connectivity index (χ4v) is 1.20. The normalized spacial score (nSPS) is 10.5. The molecule has 0 aliphatic rings. The Labute approximate surface area is 80.6 Å². The lowest BCUT2D eigenvalue weighted by atomic mass is 10.1. The van der Waals surface area contributed by atoms with Crippen LogP contribution in [0.3, 0.4) is 0 Å². The Morgan fingerprint density at radius 3 is 2.69 bits per heavy atom. The zero-order chi connectivity index (χ0) is 9.52. The first kappa shape index (κ1) is 9.79. The van der Waals surface area contributed by atoms with Gasteiger partial charge < -0.3 is 0 Å². The Morgan fingerprint density at radius 2 is 2.00 bits per heavy atom. The number of hydrogen-bond donors (Lipinski definition) is 0. The van der Waals surface area contributed by atoms with Crippen LogP contribution in [0.5, 0.6) is 0 Å². The van der Waals surface area contributed by atoms with Crippen LogP contribution in [0.15, 0.2) is 43.0 Å². The molecule has 0 saturated heterocycles. The van der Waals surface area contributed by atoms with Crippen LogP contribution in [-0.2, 0) is 0 Å². The minimum absolute atomic E-state index is 1.06. The quantitative estimate of drug-likeness (QED) is 0.476. The number of unbranched alkanes of at least 4 members (excludes halogenated alkanes) is 1. The van der Waals surface area contributed by atoms with E-state index in [1.54, 1.807) is 0 Å². The molecule has 0 unspecified atom stereocenters. The van der Waals surface area contributed by atoms with Crippen LogP contribution in [-0.4, -0.2) is 0 Å². The Balaban J connectivity index is 2.58. The third kappa shape index (κ3) is 3.29. The second kappa shape index (κ2) is 5.36. The lowest BCUT2D eigenvalue weighted by molar-refractivity contribution is 1.06. The van der Waals surface area contributed by atoms with E-state index in [1.807, 2.05) is 6.08 Å². The van der Waals surface area contributed by atoms with Crippen LogP contribution < -0.4 is 0 Å². The monoisotopic (exact) mass is 172 g/mol. The molecule has 0 aliphatic heterocycles. The molecule has 0 spiro atoms. The Hall–Kier alpha value is -1.30. The first-order valence-corrected chi connectivity index (χ1v) is 4.67. The van der Waals surface area contributed by atoms with Crippen molar-refractivity contribution >= 4 is 6.08 Å². The van der Waals surface area contributed by atoms with Crippen LogP contribution in [0.2, 0.25) is 0 Å². The predicted octanol–water partition coefficient (Wildman–Crippen LogP) is 3.97. The van der Waals surface area contributed by atoms with E-state index in [0.717, 1.165) is 12.8 Å². The van der Waals surface area contributed by atoms with Crippen molar-refractivity contribution in [3.63, 3.8) is 0 Å². The number of aryl methyl sites for hydroxylation is 1. The highest BCUT2D eigenvalue weighted by Crippen LogP contribution is 2.09. The smallest absolute Gasteiger partial charge is 0.0231 e. The predicted molar refractivity (Wildman–Crippen MR) is 59.6 cm³/mol. The van der Waals surface area contributed by atoms with Gasteiger partial charge in [0.25, 0.3) is 0 Å². The number of allylic oxidation sites excluding steroid dienone is 2. The van der Waals surface area contributed by atoms with Crippen molar-refractivity contribution < 1.29 is 0 Å². The Bertz CT molecular complexity index is 295. The molecule has 0 aliphatic carbocycles. The van der Waals surface area contributed by atoms with E-state index < -0.39 is 0 Å². The summed E-state index contributed by atoms with van der Waals surface area (Å²) in [6.07, 6.45) is 8.46. The van der Waals surface area contributed by atoms with Crippen molar-refractivity contribution in [3.05, 3.63) is 54.1 Å². The highest BCUT2D eigenvalue weighted by molar-refractivity contribution is 5.53. The van der Waals surface area contributed by atoms with Crippen molar-refractivity contribution in [2.75, 3.05) is 0 Å². The zero-order valence-electron chi connectivity index (χ0n) is 8.16. The minimum atomic E-state index is 1.06. The van der Waals surface area contributed by atoms with E-state index in [0.29, 0.717) is 0 Å². The van der Waals surface area contributed by atoms with Gasteiger partial charge in [0, 0.05) is 0 Å². The van der Waals surface area contributed by atoms with E-state index >= 15 is 0 Å². The van der Waals surface area contributed by atoms with Gasteiger partial charge in [0.15, 0.2) is 0 Å². The molecule has 0 atom stereocenters. The molecular formula is C13H16. The number of hydrogen-bond acceptors (Lipinski definition) is 0. The largest absolute Gasteiger partial charge is 0.103 e. The van der Waals surface area contributed by atoms with Gasteiger partial charge in [0.2, 0.25) is 0 Å². The van der Waals surface area contributed by atoms with Gasteiger partial charge in [-0.15, -0.1) is 6.58 Å². The van der Waals surface area contributed by atoms with Crippen LogP contribution in [0, 0.1) is 6.92 Å². The summed E-state index contributed by atoms with van der Waals surface area (Å²) in [5, 5.41) is 0. The third-order valence-electron chi connectivity index (χ3n) is 2.02. The molecule has 0 nitrogen and oxygen atoms in total. The molecule has 0 aromatic heterocycles. The number of rotatable bonds is 4. The van der Waals surface area contributed by atoms with Crippen LogP contribution in [0.25, 0.3) is 6.08 Å². The first-order chi connectivity index (χ1) is 6.34. The summed E-state index contributed by atoms with van der Waals surface area (Å²) >= 11 is 0. The van der Waals surface area contributed by atoms with Crippen molar-refractivity contribution in [3.8, 4) is 0 Å². The van der Waals surface area contributed by atoms with Crippen molar-refractivity contribution in [2.45, 2.75) is 19.8 Å². The lowest BCUT2D eigenvalue weighted by Gasteiger charge is -1.97. The molecule has 1 aromatic rings. The summed E-state index contributed by atoms with van der Waals surface area (Å²) in [4.78, 5) is 0. The first-order valence-electron chi connectivity index (χ1n) is 4.67. The van der Waals surface area contributed by atoms with E-state index in [4.69, 9.17) is 0 Å². The minimum Gasteiger partial charge on any atom is -0.103 e. The zero-order valence-corrected chi connectivity index (χ0v) is 8.16. The van der Waals surface area contributed by atoms with Crippen LogP contribution in [0.4, 0.5) is 0 Å². The Morgan fingerprint density at radius 1 is 1.23 bits per heavy atom. The topological polar surface area (TPSA) is 0 Å². The van der Waals surface area contributed by atoms with E-state index in [-0.39, 0.29) is 0 Å². The molecule has 0 saturated carbocycles. The molecule has 0 fully saturated rings. The van der Waals surface area contributed by atoms with Gasteiger partial charge in [0.1, 0.15) is 0 Å². The maximum absolute atomic E-state index is 3.69. The molecule has 0 radical (unpaired) electrons. The molecule has 0 heterocycles. The van der Waals surface area contributed by atoms with Crippen molar-refractivity contribution in [2.24, 2.45) is 0 Å². The molecule has 13 heavy (non-hydrogen) atoms. The highest BCUT2D eigenvalue weighted by atomic mass is 13.9. The maximum Gasteiger partial charge on any atom is -0.0231 e. The average Bonchev–Trinajstić information content (AvgIpc) is 2.15. The summed E-state index contributed by atoms with van der Waals surface area (Å²) in [7, 11) is 0. The molecule has 0 N–H and O–H groups in total. The second-order valence-corrected chi connectivity index (χ2v) is 3.12. The third-order valence-corrected chi connectivity index (χ3v) is 2.02. The Kier molecular flexibility index (Phi) is 4.04. The van der Waals surface area contributed by atoms with E-state index in [1.165, 1.54) is 11.1 Å². The fraction of sp³-hybridized carbons (Fsp3) is 0.231. The number of benzene rings is 1. The van der Waals surface area contributed by atoms with E-state index in [2.05, 4.69) is 49.9 Å². The lowest BCUT2D eigenvalue weighted by Crippen LogP contribution is -1.77. The molecule has 1 rings (SSSR count). The van der Waals surface area contributed by atoms with Gasteiger partial charge in [-0.25, -0.2) is 0 Å². The van der Waals surface area contributed by atoms with Crippen molar-refractivity contribution in [1.82, 2.24) is 0 Å². The second-order valence-electron chi connectivity index (χ2n) is 3.12. The summed E-state index contributed by atoms with van der Waals surface area (Å²) in [5.74, 6) is 0. The standard InChI is InChI=1S/C13H16/c1-3-4-5-6-10-13-11-8-7-9-12(13)2/h3,6-11H,1,4-5H2,2H3/b10-6+. The molecule has 0 heteroatoms. The SMILES string of the molecule is C=CCC/C=C/c1ccccc1C. The van der Waals surface area contributed by atoms with Gasteiger partial charge >= 0.3 is 0 Å². The van der Waals surface area contributed by atoms with Crippen molar-refractivity contribution in [1.29, 1.82) is 0 Å². The average molecular weight is 172 g/mol. The van der Waals surface area contributed by atoms with Crippen LogP contribution >= 0.6 is 0 Å². The molecule has 68 valence electrons. The fourth-order valence-electron chi connectivity index (χ4n) is 1.20. The van der Waals surface area contributed by atoms with Gasteiger partial charge in [-0.1, -0.05) is 42.5 Å². The van der Waals surface area contributed by atoms with Gasteiger partial charge in [-0.2, -0.15) is 0 Å². The van der Waals surface area contributed by atoms with Crippen LogP contribution in [0.1, 0.15) is 24.0 Å². The molecule has 0 amide bonds. The van der Waals surface area contributed by atoms with Gasteiger partial charge in [-0.3, -0.25) is 0 Å². The summed E-state index contributed by atoms with van der Waals surface area (Å²) < 4.78 is 0. The summed E-state index contributed by atoms with van der Waals surface area (Å²) in [6.45, 7) is 5.82. The summed E-state index contributed by atoms with van der Waals surface area (Å²) in [6, 6.07) is 8.41. The molecule has 0 bridgehead atoms. The van der Waals surface area contributed by atoms with Gasteiger partial charge in [-0.05, 0) is 30.9 Å². The maximum atomic E-state index is 3.69. The highest BCUT2D eigenvalue weighted by Gasteiger charge is 1.89.